The minimum atomic E-state index is 0.674. The molecule has 5 nitrogen and oxygen atoms in total. The number of nitrogens with zero attached hydrogens (tertiary/aromatic N) is 3. The Morgan fingerprint density at radius 2 is 2.00 bits per heavy atom. The number of rotatable bonds is 8. The monoisotopic (exact) mass is 305 g/mol. The molecule has 2 N–H and O–H groups in total. The van der Waals surface area contributed by atoms with Crippen LogP contribution in [0.3, 0.4) is 0 Å². The van der Waals surface area contributed by atoms with Crippen LogP contribution < -0.4 is 15.5 Å². The summed E-state index contributed by atoms with van der Waals surface area (Å²) in [7, 11) is 5.79. The number of anilines is 1. The summed E-state index contributed by atoms with van der Waals surface area (Å²) in [5.74, 6) is 2.59. The maximum absolute atomic E-state index is 4.59. The Morgan fingerprint density at radius 1 is 1.23 bits per heavy atom. The number of nitrogens with one attached hydrogen (secondary N) is 2. The van der Waals surface area contributed by atoms with Gasteiger partial charge in [0.05, 0.1) is 12.2 Å². The van der Waals surface area contributed by atoms with Gasteiger partial charge in [0.2, 0.25) is 0 Å². The van der Waals surface area contributed by atoms with E-state index in [0.29, 0.717) is 6.54 Å². The smallest absolute Gasteiger partial charge is 0.191 e. The van der Waals surface area contributed by atoms with Gasteiger partial charge in [0.15, 0.2) is 5.96 Å². The van der Waals surface area contributed by atoms with Crippen LogP contribution in [0.1, 0.15) is 38.8 Å². The van der Waals surface area contributed by atoms with Crippen LogP contribution in [0.2, 0.25) is 0 Å². The van der Waals surface area contributed by atoms with Gasteiger partial charge in [0.1, 0.15) is 5.82 Å². The lowest BCUT2D eigenvalue weighted by Crippen LogP contribution is -2.37. The number of hydrogen-bond acceptors (Lipinski definition) is 3. The lowest BCUT2D eigenvalue weighted by molar-refractivity contribution is 0.534. The van der Waals surface area contributed by atoms with Crippen molar-refractivity contribution in [1.82, 2.24) is 15.6 Å². The van der Waals surface area contributed by atoms with E-state index in [9.17, 15) is 0 Å². The van der Waals surface area contributed by atoms with Crippen LogP contribution in [-0.2, 0) is 6.54 Å². The molecule has 0 bridgehead atoms. The molecule has 0 radical (unpaired) electrons. The molecule has 0 saturated carbocycles. The molecule has 1 heterocycles. The summed E-state index contributed by atoms with van der Waals surface area (Å²) in [6.45, 7) is 6.16. The van der Waals surface area contributed by atoms with Crippen LogP contribution in [0.15, 0.2) is 23.2 Å². The first-order valence-corrected chi connectivity index (χ1v) is 8.10. The van der Waals surface area contributed by atoms with Crippen molar-refractivity contribution < 1.29 is 0 Å². The van der Waals surface area contributed by atoms with Crippen LogP contribution >= 0.6 is 0 Å². The lowest BCUT2D eigenvalue weighted by atomic mass is 10.1. The molecule has 0 unspecified atom stereocenters. The van der Waals surface area contributed by atoms with Crippen molar-refractivity contribution in [2.24, 2.45) is 10.9 Å². The highest BCUT2D eigenvalue weighted by atomic mass is 15.2. The van der Waals surface area contributed by atoms with Gasteiger partial charge in [-0.1, -0.05) is 32.8 Å². The first-order valence-electron chi connectivity index (χ1n) is 8.10. The van der Waals surface area contributed by atoms with E-state index in [2.05, 4.69) is 34.5 Å². The molecule has 0 saturated heterocycles. The van der Waals surface area contributed by atoms with Crippen molar-refractivity contribution in [3.8, 4) is 0 Å². The fourth-order valence-corrected chi connectivity index (χ4v) is 2.09. The zero-order valence-corrected chi connectivity index (χ0v) is 14.7. The minimum absolute atomic E-state index is 0.674. The third kappa shape index (κ3) is 7.29. The Morgan fingerprint density at radius 3 is 2.64 bits per heavy atom. The number of unbranched alkanes of at least 4 members (excludes halogenated alkanes) is 1. The zero-order chi connectivity index (χ0) is 16.4. The fourth-order valence-electron chi connectivity index (χ4n) is 2.09. The molecule has 0 aromatic carbocycles. The molecule has 124 valence electrons. The Hall–Kier alpha value is -1.78. The molecule has 22 heavy (non-hydrogen) atoms. The van der Waals surface area contributed by atoms with Gasteiger partial charge in [-0.2, -0.15) is 0 Å². The largest absolute Gasteiger partial charge is 0.363 e. The number of aliphatic imine (C=N–C) groups is 1. The van der Waals surface area contributed by atoms with Gasteiger partial charge in [-0.3, -0.25) is 4.99 Å². The van der Waals surface area contributed by atoms with E-state index in [4.69, 9.17) is 0 Å². The molecule has 1 aromatic rings. The van der Waals surface area contributed by atoms with Crippen LogP contribution in [0.5, 0.6) is 0 Å². The predicted molar refractivity (Wildman–Crippen MR) is 95.5 cm³/mol. The summed E-state index contributed by atoms with van der Waals surface area (Å²) in [6.07, 6.45) is 3.72. The highest BCUT2D eigenvalue weighted by Crippen LogP contribution is 2.07. The number of pyridine rings is 1. The second kappa shape index (κ2) is 10.0. The molecule has 0 atom stereocenters. The average molecular weight is 305 g/mol. The Kier molecular flexibility index (Phi) is 8.33. The van der Waals surface area contributed by atoms with Crippen LogP contribution in [-0.4, -0.2) is 38.6 Å². The Labute approximate surface area is 135 Å². The normalized spacial score (nSPS) is 11.6. The number of aromatic nitrogens is 1. The van der Waals surface area contributed by atoms with Gasteiger partial charge in [-0.15, -0.1) is 0 Å². The van der Waals surface area contributed by atoms with Gasteiger partial charge >= 0.3 is 0 Å². The lowest BCUT2D eigenvalue weighted by Gasteiger charge is -2.14. The fraction of sp³-hybridized carbons (Fsp3) is 0.647. The first kappa shape index (κ1) is 18.3. The van der Waals surface area contributed by atoms with Crippen molar-refractivity contribution in [2.45, 2.75) is 39.7 Å². The topological polar surface area (TPSA) is 52.6 Å². The molecular formula is C17H31N5. The van der Waals surface area contributed by atoms with Crippen LogP contribution in [0, 0.1) is 5.92 Å². The summed E-state index contributed by atoms with van der Waals surface area (Å²) >= 11 is 0. The molecule has 5 heteroatoms. The summed E-state index contributed by atoms with van der Waals surface area (Å²) in [5, 5.41) is 6.66. The van der Waals surface area contributed by atoms with Crippen molar-refractivity contribution >= 4 is 11.8 Å². The van der Waals surface area contributed by atoms with E-state index in [1.165, 1.54) is 19.3 Å². The van der Waals surface area contributed by atoms with E-state index >= 15 is 0 Å². The third-order valence-electron chi connectivity index (χ3n) is 3.41. The summed E-state index contributed by atoms with van der Waals surface area (Å²) < 4.78 is 0. The van der Waals surface area contributed by atoms with Gasteiger partial charge in [-0.05, 0) is 24.5 Å². The van der Waals surface area contributed by atoms with E-state index in [1.807, 2.05) is 37.2 Å². The maximum Gasteiger partial charge on any atom is 0.191 e. The van der Waals surface area contributed by atoms with Crippen molar-refractivity contribution in [3.05, 3.63) is 23.9 Å². The zero-order valence-electron chi connectivity index (χ0n) is 14.7. The quantitative estimate of drug-likeness (QED) is 0.440. The predicted octanol–water partition coefficient (Wildman–Crippen LogP) is 2.64. The molecule has 1 aromatic heterocycles. The van der Waals surface area contributed by atoms with Gasteiger partial charge in [0, 0.05) is 27.7 Å². The second-order valence-corrected chi connectivity index (χ2v) is 6.12. The minimum Gasteiger partial charge on any atom is -0.363 e. The van der Waals surface area contributed by atoms with Crippen molar-refractivity contribution in [3.63, 3.8) is 0 Å². The molecule has 1 rings (SSSR count). The van der Waals surface area contributed by atoms with Gasteiger partial charge in [0.25, 0.3) is 0 Å². The highest BCUT2D eigenvalue weighted by Gasteiger charge is 2.02. The highest BCUT2D eigenvalue weighted by molar-refractivity contribution is 5.79. The van der Waals surface area contributed by atoms with E-state index in [1.54, 1.807) is 7.05 Å². The average Bonchev–Trinajstić information content (AvgIpc) is 2.50. The summed E-state index contributed by atoms with van der Waals surface area (Å²) in [5.41, 5.74) is 1.01. The SMILES string of the molecule is CN=C(NCCCCC(C)C)NCc1cccc(N(C)C)n1. The Balaban J connectivity index is 2.33. The molecular weight excluding hydrogens is 274 g/mol. The maximum atomic E-state index is 4.59. The second-order valence-electron chi connectivity index (χ2n) is 6.12. The van der Waals surface area contributed by atoms with Crippen molar-refractivity contribution in [2.75, 3.05) is 32.6 Å². The molecule has 0 aliphatic rings. The van der Waals surface area contributed by atoms with Crippen LogP contribution in [0.4, 0.5) is 5.82 Å². The molecule has 0 fully saturated rings. The Bertz CT molecular complexity index is 454. The van der Waals surface area contributed by atoms with Gasteiger partial charge < -0.3 is 15.5 Å². The van der Waals surface area contributed by atoms with Crippen molar-refractivity contribution in [1.29, 1.82) is 0 Å². The standard InChI is InChI=1S/C17H31N5/c1-14(2)9-6-7-12-19-17(18-3)20-13-15-10-8-11-16(21-15)22(4)5/h8,10-11,14H,6-7,9,12-13H2,1-5H3,(H2,18,19,20). The number of guanidine groups is 1. The third-order valence-corrected chi connectivity index (χ3v) is 3.41. The van der Waals surface area contributed by atoms with E-state index in [0.717, 1.165) is 29.9 Å². The molecule has 0 spiro atoms. The van der Waals surface area contributed by atoms with E-state index in [-0.39, 0.29) is 0 Å². The van der Waals surface area contributed by atoms with E-state index < -0.39 is 0 Å². The van der Waals surface area contributed by atoms with Gasteiger partial charge in [-0.25, -0.2) is 4.98 Å². The number of hydrogen-bond donors (Lipinski definition) is 2. The molecule has 0 aliphatic heterocycles. The summed E-state index contributed by atoms with van der Waals surface area (Å²) in [6, 6.07) is 6.06. The summed E-state index contributed by atoms with van der Waals surface area (Å²) in [4.78, 5) is 10.8. The molecule has 0 aliphatic carbocycles. The first-order chi connectivity index (χ1) is 10.5. The van der Waals surface area contributed by atoms with Crippen LogP contribution in [0.25, 0.3) is 0 Å². The molecule has 0 amide bonds.